The molecule has 1 N–H and O–H groups in total. The van der Waals surface area contributed by atoms with Gasteiger partial charge >= 0.3 is 0 Å². The Labute approximate surface area is 221 Å². The molecule has 0 saturated heterocycles. The SMILES string of the molecule is CN1C(=S)c2c(nn(Cc3ccc(-c4ccccn4)cc3)c2Nc2ccccc2)N2C1=NC1CCCC12. The summed E-state index contributed by atoms with van der Waals surface area (Å²) in [5.74, 6) is 2.76. The van der Waals surface area contributed by atoms with Gasteiger partial charge < -0.3 is 10.2 Å². The molecule has 2 aromatic carbocycles. The highest BCUT2D eigenvalue weighted by atomic mass is 32.1. The maximum Gasteiger partial charge on any atom is 0.208 e. The molecular formula is C29H27N7S. The predicted molar refractivity (Wildman–Crippen MR) is 152 cm³/mol. The molecule has 2 atom stereocenters. The number of rotatable bonds is 5. The Kier molecular flexibility index (Phi) is 5.28. The lowest BCUT2D eigenvalue weighted by Gasteiger charge is -2.35. The van der Waals surface area contributed by atoms with Crippen molar-refractivity contribution in [3.05, 3.63) is 90.1 Å². The van der Waals surface area contributed by atoms with Gasteiger partial charge in [-0.05, 0) is 49.1 Å². The average molecular weight is 506 g/mol. The van der Waals surface area contributed by atoms with E-state index in [9.17, 15) is 0 Å². The van der Waals surface area contributed by atoms with E-state index in [-0.39, 0.29) is 0 Å². The van der Waals surface area contributed by atoms with E-state index in [1.165, 1.54) is 6.42 Å². The first-order chi connectivity index (χ1) is 18.2. The predicted octanol–water partition coefficient (Wildman–Crippen LogP) is 5.46. The van der Waals surface area contributed by atoms with Crippen LogP contribution >= 0.6 is 12.2 Å². The number of guanidine groups is 1. The van der Waals surface area contributed by atoms with Gasteiger partial charge in [-0.2, -0.15) is 5.10 Å². The van der Waals surface area contributed by atoms with Crippen LogP contribution < -0.4 is 10.2 Å². The van der Waals surface area contributed by atoms with Crippen molar-refractivity contribution in [1.82, 2.24) is 19.7 Å². The van der Waals surface area contributed by atoms with E-state index in [1.807, 2.05) is 49.6 Å². The van der Waals surface area contributed by atoms with Crippen molar-refractivity contribution in [2.45, 2.75) is 37.9 Å². The van der Waals surface area contributed by atoms with Gasteiger partial charge in [0.2, 0.25) is 5.96 Å². The molecule has 3 aliphatic rings. The second-order valence-electron chi connectivity index (χ2n) is 9.84. The fraction of sp³-hybridized carbons (Fsp3) is 0.241. The molecule has 7 rings (SSSR count). The van der Waals surface area contributed by atoms with Gasteiger partial charge in [0.25, 0.3) is 0 Å². The quantitative estimate of drug-likeness (QED) is 0.364. The number of hydrogen-bond donors (Lipinski definition) is 1. The van der Waals surface area contributed by atoms with Crippen LogP contribution in [0.3, 0.4) is 0 Å². The number of benzene rings is 2. The Morgan fingerprint density at radius 2 is 1.78 bits per heavy atom. The summed E-state index contributed by atoms with van der Waals surface area (Å²) in [6.45, 7) is 0.616. The van der Waals surface area contributed by atoms with Crippen molar-refractivity contribution in [3.63, 3.8) is 0 Å². The highest BCUT2D eigenvalue weighted by Crippen LogP contribution is 2.43. The van der Waals surface area contributed by atoms with Gasteiger partial charge in [-0.1, -0.05) is 60.7 Å². The molecule has 4 heterocycles. The van der Waals surface area contributed by atoms with Crippen molar-refractivity contribution in [2.75, 3.05) is 17.3 Å². The molecule has 0 radical (unpaired) electrons. The molecule has 1 aliphatic carbocycles. The molecule has 2 aliphatic heterocycles. The summed E-state index contributed by atoms with van der Waals surface area (Å²) in [5.41, 5.74) is 5.19. The van der Waals surface area contributed by atoms with E-state index in [0.29, 0.717) is 18.6 Å². The van der Waals surface area contributed by atoms with Crippen LogP contribution in [0, 0.1) is 0 Å². The van der Waals surface area contributed by atoms with Crippen LogP contribution in [0.5, 0.6) is 0 Å². The Morgan fingerprint density at radius 3 is 2.57 bits per heavy atom. The fourth-order valence-electron chi connectivity index (χ4n) is 5.69. The summed E-state index contributed by atoms with van der Waals surface area (Å²) >= 11 is 6.01. The number of anilines is 3. The van der Waals surface area contributed by atoms with Crippen molar-refractivity contribution >= 4 is 40.5 Å². The van der Waals surface area contributed by atoms with Crippen molar-refractivity contribution in [3.8, 4) is 11.3 Å². The van der Waals surface area contributed by atoms with Crippen LogP contribution in [0.15, 0.2) is 84.0 Å². The minimum absolute atomic E-state index is 0.320. The fourth-order valence-corrected chi connectivity index (χ4v) is 5.96. The van der Waals surface area contributed by atoms with E-state index < -0.39 is 0 Å². The van der Waals surface area contributed by atoms with Gasteiger partial charge in [0.1, 0.15) is 10.8 Å². The van der Waals surface area contributed by atoms with E-state index in [4.69, 9.17) is 22.3 Å². The normalized spacial score (nSPS) is 19.9. The molecule has 0 amide bonds. The van der Waals surface area contributed by atoms with Crippen molar-refractivity contribution in [1.29, 1.82) is 0 Å². The molecule has 184 valence electrons. The van der Waals surface area contributed by atoms with Gasteiger partial charge in [0.15, 0.2) is 5.82 Å². The smallest absolute Gasteiger partial charge is 0.208 e. The molecular weight excluding hydrogens is 478 g/mol. The summed E-state index contributed by atoms with van der Waals surface area (Å²) in [6, 6.07) is 25.4. The van der Waals surface area contributed by atoms with E-state index in [2.05, 4.69) is 61.2 Å². The third-order valence-electron chi connectivity index (χ3n) is 7.54. The van der Waals surface area contributed by atoms with Crippen LogP contribution in [0.4, 0.5) is 17.3 Å². The number of pyridine rings is 1. The first-order valence-corrected chi connectivity index (χ1v) is 13.2. The highest BCUT2D eigenvalue weighted by Gasteiger charge is 2.48. The number of aromatic nitrogens is 3. The molecule has 0 bridgehead atoms. The van der Waals surface area contributed by atoms with Crippen molar-refractivity contribution < 1.29 is 0 Å². The summed E-state index contributed by atoms with van der Waals surface area (Å²) in [4.78, 5) is 14.7. The Morgan fingerprint density at radius 1 is 0.973 bits per heavy atom. The van der Waals surface area contributed by atoms with Gasteiger partial charge in [-0.3, -0.25) is 9.88 Å². The maximum atomic E-state index is 6.01. The van der Waals surface area contributed by atoms with Gasteiger partial charge in [-0.25, -0.2) is 9.67 Å². The zero-order valence-corrected chi connectivity index (χ0v) is 21.4. The van der Waals surface area contributed by atoms with Crippen LogP contribution in [-0.2, 0) is 6.54 Å². The molecule has 7 nitrogen and oxygen atoms in total. The lowest BCUT2D eigenvalue weighted by molar-refractivity contribution is 0.619. The number of nitrogens with one attached hydrogen (secondary N) is 1. The van der Waals surface area contributed by atoms with Gasteiger partial charge in [0, 0.05) is 24.5 Å². The summed E-state index contributed by atoms with van der Waals surface area (Å²) in [5, 5.41) is 8.82. The average Bonchev–Trinajstić information content (AvgIpc) is 3.63. The highest BCUT2D eigenvalue weighted by molar-refractivity contribution is 7.80. The van der Waals surface area contributed by atoms with Crippen LogP contribution in [0.2, 0.25) is 0 Å². The van der Waals surface area contributed by atoms with Gasteiger partial charge in [0.05, 0.1) is 29.9 Å². The maximum absolute atomic E-state index is 6.01. The molecule has 2 unspecified atom stereocenters. The zero-order chi connectivity index (χ0) is 24.9. The van der Waals surface area contributed by atoms with E-state index in [1.54, 1.807) is 0 Å². The monoisotopic (exact) mass is 505 g/mol. The minimum atomic E-state index is 0.320. The molecule has 1 saturated carbocycles. The Bertz CT molecular complexity index is 1490. The number of para-hydroxylation sites is 1. The summed E-state index contributed by atoms with van der Waals surface area (Å²) in [7, 11) is 2.03. The third kappa shape index (κ3) is 3.71. The summed E-state index contributed by atoms with van der Waals surface area (Å²) < 4.78 is 2.05. The Balaban J connectivity index is 1.30. The first-order valence-electron chi connectivity index (χ1n) is 12.8. The van der Waals surface area contributed by atoms with Crippen molar-refractivity contribution in [2.24, 2.45) is 4.99 Å². The number of hydrogen-bond acceptors (Lipinski definition) is 6. The Hall–Kier alpha value is -4.04. The second kappa shape index (κ2) is 8.81. The van der Waals surface area contributed by atoms with Crippen LogP contribution in [0.25, 0.3) is 11.3 Å². The lowest BCUT2D eigenvalue weighted by Crippen LogP contribution is -2.51. The first kappa shape index (κ1) is 22.2. The summed E-state index contributed by atoms with van der Waals surface area (Å²) in [6.07, 6.45) is 5.27. The van der Waals surface area contributed by atoms with Crippen LogP contribution in [-0.4, -0.2) is 49.7 Å². The third-order valence-corrected chi connectivity index (χ3v) is 8.01. The van der Waals surface area contributed by atoms with Gasteiger partial charge in [-0.15, -0.1) is 0 Å². The number of aliphatic imine (C=N–C) groups is 1. The molecule has 2 aromatic heterocycles. The van der Waals surface area contributed by atoms with E-state index >= 15 is 0 Å². The van der Waals surface area contributed by atoms with Crippen LogP contribution in [0.1, 0.15) is 30.4 Å². The number of fused-ring (bicyclic) bond motifs is 5. The minimum Gasteiger partial charge on any atom is -0.340 e. The molecule has 4 aromatic rings. The number of nitrogens with zero attached hydrogens (tertiary/aromatic N) is 6. The molecule has 37 heavy (non-hydrogen) atoms. The molecule has 0 spiro atoms. The van der Waals surface area contributed by atoms with E-state index in [0.717, 1.165) is 63.5 Å². The lowest BCUT2D eigenvalue weighted by atomic mass is 10.1. The molecule has 8 heteroatoms. The topological polar surface area (TPSA) is 61.6 Å². The largest absolute Gasteiger partial charge is 0.340 e. The number of thiocarbonyl (C=S) groups is 1. The zero-order valence-electron chi connectivity index (χ0n) is 20.6. The standard InChI is InChI=1S/C29H27N7S/c1-34-28(37)25-26(31-21-8-3-2-4-9-21)35(33-27(25)36-24-12-7-11-23(24)32-29(34)36)18-19-13-15-20(16-14-19)22-10-5-6-17-30-22/h2-6,8-10,13-17,23-24,31H,7,11-12,18H2,1H3. The second-order valence-corrected chi connectivity index (χ2v) is 10.2. The molecule has 1 fully saturated rings.